The van der Waals surface area contributed by atoms with Gasteiger partial charge in [0.15, 0.2) is 0 Å². The predicted octanol–water partition coefficient (Wildman–Crippen LogP) is 3.65. The van der Waals surface area contributed by atoms with Gasteiger partial charge in [-0.05, 0) is 49.8 Å². The third-order valence-electron chi connectivity index (χ3n) is 3.98. The lowest BCUT2D eigenvalue weighted by atomic mass is 9.86. The molecule has 0 amide bonds. The van der Waals surface area contributed by atoms with Crippen molar-refractivity contribution in [2.45, 2.75) is 38.6 Å². The summed E-state index contributed by atoms with van der Waals surface area (Å²) in [6.07, 6.45) is 5.44. The van der Waals surface area contributed by atoms with Crippen LogP contribution in [0.3, 0.4) is 0 Å². The largest absolute Gasteiger partial charge is 0.372 e. The monoisotopic (exact) mass is 249 g/mol. The first-order valence-electron chi connectivity index (χ1n) is 6.58. The average Bonchev–Trinajstić information content (AvgIpc) is 2.38. The summed E-state index contributed by atoms with van der Waals surface area (Å²) in [5.74, 6) is 0.457. The molecule has 1 aromatic carbocycles. The van der Waals surface area contributed by atoms with Crippen molar-refractivity contribution in [2.75, 3.05) is 11.9 Å². The van der Waals surface area contributed by atoms with Crippen LogP contribution in [-0.2, 0) is 0 Å². The first kappa shape index (κ1) is 13.1. The smallest absolute Gasteiger partial charge is 0.150 e. The van der Waals surface area contributed by atoms with Crippen LogP contribution in [0.2, 0.25) is 0 Å². The highest BCUT2D eigenvalue weighted by Crippen LogP contribution is 2.29. The fourth-order valence-electron chi connectivity index (χ4n) is 2.71. The summed E-state index contributed by atoms with van der Waals surface area (Å²) >= 11 is 0. The minimum absolute atomic E-state index is 0.342. The second kappa shape index (κ2) is 5.51. The number of hydrogen-bond donors (Lipinski definition) is 0. The molecule has 0 N–H and O–H groups in total. The molecule has 0 unspecified atom stereocenters. The van der Waals surface area contributed by atoms with Crippen molar-refractivity contribution in [1.82, 2.24) is 0 Å². The van der Waals surface area contributed by atoms with E-state index < -0.39 is 0 Å². The van der Waals surface area contributed by atoms with E-state index in [1.165, 1.54) is 25.0 Å². The predicted molar refractivity (Wildman–Crippen MR) is 71.6 cm³/mol. The molecule has 18 heavy (non-hydrogen) atoms. The first-order valence-corrected chi connectivity index (χ1v) is 6.58. The minimum atomic E-state index is -0.342. The molecule has 98 valence electrons. The quantitative estimate of drug-likeness (QED) is 0.762. The van der Waals surface area contributed by atoms with Crippen molar-refractivity contribution in [3.8, 4) is 0 Å². The van der Waals surface area contributed by atoms with Gasteiger partial charge in [0.2, 0.25) is 0 Å². The van der Waals surface area contributed by atoms with Crippen LogP contribution in [0.15, 0.2) is 18.2 Å². The van der Waals surface area contributed by atoms with Crippen LogP contribution in [0.25, 0.3) is 0 Å². The number of halogens is 1. The lowest BCUT2D eigenvalue weighted by Crippen LogP contribution is -2.34. The number of rotatable bonds is 3. The average molecular weight is 249 g/mol. The number of nitrogens with zero attached hydrogens (tertiary/aromatic N) is 1. The molecule has 1 aromatic rings. The molecule has 0 radical (unpaired) electrons. The third kappa shape index (κ3) is 2.89. The standard InChI is InChI=1S/C15H20FNO/c1-11-3-5-14(6-4-11)17(2)15-8-12(10-18)7-13(16)9-15/h7-11,14H,3-6H2,1-2H3. The Morgan fingerprint density at radius 3 is 2.50 bits per heavy atom. The third-order valence-corrected chi connectivity index (χ3v) is 3.98. The highest BCUT2D eigenvalue weighted by Gasteiger charge is 2.22. The summed E-state index contributed by atoms with van der Waals surface area (Å²) in [6, 6.07) is 4.99. The molecule has 0 heterocycles. The normalized spacial score (nSPS) is 23.7. The number of hydrogen-bond acceptors (Lipinski definition) is 2. The van der Waals surface area contributed by atoms with Gasteiger partial charge < -0.3 is 4.90 Å². The van der Waals surface area contributed by atoms with Gasteiger partial charge >= 0.3 is 0 Å². The van der Waals surface area contributed by atoms with E-state index in [2.05, 4.69) is 11.8 Å². The van der Waals surface area contributed by atoms with Gasteiger partial charge in [-0.2, -0.15) is 0 Å². The van der Waals surface area contributed by atoms with Gasteiger partial charge in [-0.1, -0.05) is 6.92 Å². The molecule has 3 heteroatoms. The van der Waals surface area contributed by atoms with E-state index in [4.69, 9.17) is 0 Å². The number of carbonyl (C=O) groups excluding carboxylic acids is 1. The van der Waals surface area contributed by atoms with Crippen LogP contribution in [-0.4, -0.2) is 19.4 Å². The first-order chi connectivity index (χ1) is 8.60. The summed E-state index contributed by atoms with van der Waals surface area (Å²) in [5, 5.41) is 0. The molecule has 0 spiro atoms. The number of aldehydes is 1. The van der Waals surface area contributed by atoms with Crippen molar-refractivity contribution in [1.29, 1.82) is 0 Å². The molecule has 0 aliphatic heterocycles. The summed E-state index contributed by atoms with van der Waals surface area (Å²) in [6.45, 7) is 2.28. The van der Waals surface area contributed by atoms with Crippen LogP contribution < -0.4 is 4.90 Å². The summed E-state index contributed by atoms with van der Waals surface area (Å²) in [7, 11) is 1.99. The van der Waals surface area contributed by atoms with E-state index in [1.54, 1.807) is 6.07 Å². The second-order valence-corrected chi connectivity index (χ2v) is 5.39. The van der Waals surface area contributed by atoms with Crippen LogP contribution in [0, 0.1) is 11.7 Å². The maximum absolute atomic E-state index is 13.4. The zero-order valence-corrected chi connectivity index (χ0v) is 11.0. The van der Waals surface area contributed by atoms with E-state index in [0.29, 0.717) is 17.9 Å². The van der Waals surface area contributed by atoms with Gasteiger partial charge in [0.1, 0.15) is 12.1 Å². The van der Waals surface area contributed by atoms with Crippen LogP contribution >= 0.6 is 0 Å². The zero-order chi connectivity index (χ0) is 13.1. The lowest BCUT2D eigenvalue weighted by Gasteiger charge is -2.35. The molecule has 1 saturated carbocycles. The molecular weight excluding hydrogens is 229 g/mol. The topological polar surface area (TPSA) is 20.3 Å². The van der Waals surface area contributed by atoms with E-state index in [1.807, 2.05) is 7.05 Å². The SMILES string of the molecule is CC1CCC(N(C)c2cc(F)cc(C=O)c2)CC1. The lowest BCUT2D eigenvalue weighted by molar-refractivity contribution is 0.112. The molecule has 0 aromatic heterocycles. The summed E-state index contributed by atoms with van der Waals surface area (Å²) in [4.78, 5) is 12.9. The molecule has 1 aliphatic carbocycles. The van der Waals surface area contributed by atoms with E-state index >= 15 is 0 Å². The maximum atomic E-state index is 13.4. The van der Waals surface area contributed by atoms with Crippen LogP contribution in [0.5, 0.6) is 0 Å². The molecule has 0 atom stereocenters. The summed E-state index contributed by atoms with van der Waals surface area (Å²) in [5.41, 5.74) is 1.21. The van der Waals surface area contributed by atoms with E-state index in [0.717, 1.165) is 24.4 Å². The molecule has 1 aliphatic rings. The van der Waals surface area contributed by atoms with Crippen molar-refractivity contribution in [2.24, 2.45) is 5.92 Å². The Morgan fingerprint density at radius 1 is 1.22 bits per heavy atom. The van der Waals surface area contributed by atoms with Crippen LogP contribution in [0.4, 0.5) is 10.1 Å². The van der Waals surface area contributed by atoms with Crippen molar-refractivity contribution in [3.05, 3.63) is 29.6 Å². The Hall–Kier alpha value is -1.38. The van der Waals surface area contributed by atoms with Crippen molar-refractivity contribution in [3.63, 3.8) is 0 Å². The number of carbonyl (C=O) groups is 1. The van der Waals surface area contributed by atoms with Gasteiger partial charge in [0.25, 0.3) is 0 Å². The van der Waals surface area contributed by atoms with Gasteiger partial charge in [-0.25, -0.2) is 4.39 Å². The maximum Gasteiger partial charge on any atom is 0.150 e. The molecular formula is C15H20FNO. The molecule has 2 nitrogen and oxygen atoms in total. The molecule has 0 bridgehead atoms. The molecule has 0 saturated heterocycles. The summed E-state index contributed by atoms with van der Waals surface area (Å²) < 4.78 is 13.4. The van der Waals surface area contributed by atoms with Crippen molar-refractivity contribution < 1.29 is 9.18 Å². The van der Waals surface area contributed by atoms with Gasteiger partial charge in [0.05, 0.1) is 0 Å². The van der Waals surface area contributed by atoms with Gasteiger partial charge in [-0.15, -0.1) is 0 Å². The second-order valence-electron chi connectivity index (χ2n) is 5.39. The van der Waals surface area contributed by atoms with E-state index in [-0.39, 0.29) is 5.82 Å². The van der Waals surface area contributed by atoms with Crippen LogP contribution in [0.1, 0.15) is 43.0 Å². The highest BCUT2D eigenvalue weighted by atomic mass is 19.1. The Bertz CT molecular complexity index is 425. The minimum Gasteiger partial charge on any atom is -0.372 e. The Labute approximate surface area is 108 Å². The molecule has 1 fully saturated rings. The fourth-order valence-corrected chi connectivity index (χ4v) is 2.71. The zero-order valence-electron chi connectivity index (χ0n) is 11.0. The Kier molecular flexibility index (Phi) is 4.00. The fraction of sp³-hybridized carbons (Fsp3) is 0.533. The van der Waals surface area contributed by atoms with E-state index in [9.17, 15) is 9.18 Å². The Morgan fingerprint density at radius 2 is 1.89 bits per heavy atom. The Balaban J connectivity index is 2.15. The van der Waals surface area contributed by atoms with Gasteiger partial charge in [0, 0.05) is 24.3 Å². The number of anilines is 1. The molecule has 2 rings (SSSR count). The highest BCUT2D eigenvalue weighted by molar-refractivity contribution is 5.77. The van der Waals surface area contributed by atoms with Gasteiger partial charge in [-0.3, -0.25) is 4.79 Å². The number of benzene rings is 1. The van der Waals surface area contributed by atoms with Crippen molar-refractivity contribution >= 4 is 12.0 Å².